The van der Waals surface area contributed by atoms with E-state index >= 15 is 0 Å². The number of hydrogen-bond donors (Lipinski definition) is 1. The van der Waals surface area contributed by atoms with Crippen LogP contribution in [0, 0.1) is 0 Å². The van der Waals surface area contributed by atoms with E-state index in [1.54, 1.807) is 0 Å². The third kappa shape index (κ3) is 2.38. The van der Waals surface area contributed by atoms with E-state index in [0.717, 1.165) is 37.0 Å². The molecule has 0 bridgehead atoms. The van der Waals surface area contributed by atoms with Crippen LogP contribution in [0.2, 0.25) is 0 Å². The van der Waals surface area contributed by atoms with Crippen molar-refractivity contribution in [3.8, 4) is 5.75 Å². The van der Waals surface area contributed by atoms with Gasteiger partial charge < -0.3 is 9.84 Å². The first-order valence-corrected chi connectivity index (χ1v) is 6.10. The van der Waals surface area contributed by atoms with Crippen LogP contribution in [0.3, 0.4) is 0 Å². The molecule has 16 heavy (non-hydrogen) atoms. The van der Waals surface area contributed by atoms with E-state index in [1.807, 2.05) is 38.1 Å². The summed E-state index contributed by atoms with van der Waals surface area (Å²) in [6.45, 7) is 4.02. The van der Waals surface area contributed by atoms with E-state index in [-0.39, 0.29) is 6.10 Å². The van der Waals surface area contributed by atoms with Crippen LogP contribution in [0.1, 0.15) is 45.1 Å². The van der Waals surface area contributed by atoms with Crippen LogP contribution >= 0.6 is 0 Å². The number of benzene rings is 1. The Labute approximate surface area is 97.3 Å². The Balaban J connectivity index is 2.12. The molecule has 1 saturated carbocycles. The minimum Gasteiger partial charge on any atom is -0.491 e. The molecule has 1 aromatic rings. The second kappa shape index (κ2) is 4.46. The molecular weight excluding hydrogens is 200 g/mol. The van der Waals surface area contributed by atoms with Gasteiger partial charge in [0.2, 0.25) is 0 Å². The van der Waals surface area contributed by atoms with Gasteiger partial charge in [0.25, 0.3) is 0 Å². The maximum absolute atomic E-state index is 10.4. The van der Waals surface area contributed by atoms with Crippen LogP contribution in [-0.2, 0) is 5.60 Å². The molecule has 0 saturated heterocycles. The number of ether oxygens (including phenoxy) is 1. The summed E-state index contributed by atoms with van der Waals surface area (Å²) in [5.74, 6) is 0.875. The number of hydrogen-bond acceptors (Lipinski definition) is 2. The second-order valence-corrected chi connectivity index (χ2v) is 4.93. The van der Waals surface area contributed by atoms with Gasteiger partial charge in [0.15, 0.2) is 0 Å². The maximum Gasteiger partial charge on any atom is 0.119 e. The smallest absolute Gasteiger partial charge is 0.119 e. The molecule has 1 N–H and O–H groups in total. The third-order valence-electron chi connectivity index (χ3n) is 3.19. The lowest BCUT2D eigenvalue weighted by Gasteiger charge is -2.23. The van der Waals surface area contributed by atoms with E-state index in [9.17, 15) is 5.11 Å². The minimum atomic E-state index is -0.587. The van der Waals surface area contributed by atoms with E-state index in [2.05, 4.69) is 0 Å². The van der Waals surface area contributed by atoms with Crippen molar-refractivity contribution in [3.63, 3.8) is 0 Å². The standard InChI is InChI=1S/C14H20O2/c1-11(2)16-13-7-5-12(6-8-13)14(15)9-3-4-10-14/h5-8,11,15H,3-4,9-10H2,1-2H3. The second-order valence-electron chi connectivity index (χ2n) is 4.93. The molecule has 88 valence electrons. The van der Waals surface area contributed by atoms with Gasteiger partial charge >= 0.3 is 0 Å². The fourth-order valence-electron chi connectivity index (χ4n) is 2.36. The molecule has 1 fully saturated rings. The third-order valence-corrected chi connectivity index (χ3v) is 3.19. The first kappa shape index (κ1) is 11.5. The molecule has 1 aromatic carbocycles. The molecule has 0 atom stereocenters. The minimum absolute atomic E-state index is 0.195. The molecule has 1 aliphatic rings. The van der Waals surface area contributed by atoms with Gasteiger partial charge in [-0.15, -0.1) is 0 Å². The average Bonchev–Trinajstić information content (AvgIpc) is 2.66. The summed E-state index contributed by atoms with van der Waals surface area (Å²) in [7, 11) is 0. The molecule has 2 nitrogen and oxygen atoms in total. The fourth-order valence-corrected chi connectivity index (χ4v) is 2.36. The Kier molecular flexibility index (Phi) is 3.20. The van der Waals surface area contributed by atoms with Gasteiger partial charge in [-0.25, -0.2) is 0 Å². The molecule has 0 aromatic heterocycles. The Morgan fingerprint density at radius 3 is 2.19 bits per heavy atom. The lowest BCUT2D eigenvalue weighted by molar-refractivity contribution is 0.0444. The molecule has 1 aliphatic carbocycles. The van der Waals surface area contributed by atoms with E-state index in [4.69, 9.17) is 4.74 Å². The molecule has 2 heteroatoms. The Bertz CT molecular complexity index is 334. The van der Waals surface area contributed by atoms with E-state index in [0.29, 0.717) is 0 Å². The highest BCUT2D eigenvalue weighted by molar-refractivity contribution is 5.31. The number of rotatable bonds is 3. The molecule has 0 spiro atoms. The molecular formula is C14H20O2. The van der Waals surface area contributed by atoms with E-state index < -0.39 is 5.60 Å². The zero-order valence-electron chi connectivity index (χ0n) is 10.1. The van der Waals surface area contributed by atoms with Crippen molar-refractivity contribution in [3.05, 3.63) is 29.8 Å². The van der Waals surface area contributed by atoms with Gasteiger partial charge in [0.05, 0.1) is 11.7 Å². The Morgan fingerprint density at radius 1 is 1.12 bits per heavy atom. The Hall–Kier alpha value is -1.02. The molecule has 2 rings (SSSR count). The van der Waals surface area contributed by atoms with Crippen molar-refractivity contribution < 1.29 is 9.84 Å². The molecule has 0 unspecified atom stereocenters. The Morgan fingerprint density at radius 2 is 1.69 bits per heavy atom. The summed E-state index contributed by atoms with van der Waals surface area (Å²) in [5, 5.41) is 10.4. The lowest BCUT2D eigenvalue weighted by Crippen LogP contribution is -2.20. The quantitative estimate of drug-likeness (QED) is 0.847. The van der Waals surface area contributed by atoms with Crippen LogP contribution in [0.4, 0.5) is 0 Å². The molecule has 0 radical (unpaired) electrons. The zero-order valence-corrected chi connectivity index (χ0v) is 10.1. The number of aliphatic hydroxyl groups is 1. The first-order chi connectivity index (χ1) is 7.60. The van der Waals surface area contributed by atoms with Crippen molar-refractivity contribution in [2.75, 3.05) is 0 Å². The van der Waals surface area contributed by atoms with E-state index in [1.165, 1.54) is 0 Å². The topological polar surface area (TPSA) is 29.5 Å². The average molecular weight is 220 g/mol. The van der Waals surface area contributed by atoms with Gasteiger partial charge in [-0.1, -0.05) is 25.0 Å². The van der Waals surface area contributed by atoms with Gasteiger partial charge in [-0.05, 0) is 44.4 Å². The SMILES string of the molecule is CC(C)Oc1ccc(C2(O)CCCC2)cc1. The fraction of sp³-hybridized carbons (Fsp3) is 0.571. The van der Waals surface area contributed by atoms with Crippen molar-refractivity contribution in [1.29, 1.82) is 0 Å². The highest BCUT2D eigenvalue weighted by atomic mass is 16.5. The summed E-state index contributed by atoms with van der Waals surface area (Å²) < 4.78 is 5.58. The highest BCUT2D eigenvalue weighted by Gasteiger charge is 2.32. The van der Waals surface area contributed by atoms with Crippen LogP contribution in [0.15, 0.2) is 24.3 Å². The predicted molar refractivity (Wildman–Crippen MR) is 64.6 cm³/mol. The van der Waals surface area contributed by atoms with Crippen molar-refractivity contribution >= 4 is 0 Å². The maximum atomic E-state index is 10.4. The molecule has 0 heterocycles. The van der Waals surface area contributed by atoms with Crippen molar-refractivity contribution in [2.45, 2.75) is 51.2 Å². The predicted octanol–water partition coefficient (Wildman–Crippen LogP) is 3.24. The first-order valence-electron chi connectivity index (χ1n) is 6.10. The normalized spacial score (nSPS) is 19.0. The highest BCUT2D eigenvalue weighted by Crippen LogP contribution is 2.38. The largest absolute Gasteiger partial charge is 0.491 e. The van der Waals surface area contributed by atoms with Crippen molar-refractivity contribution in [1.82, 2.24) is 0 Å². The van der Waals surface area contributed by atoms with Gasteiger partial charge in [-0.2, -0.15) is 0 Å². The van der Waals surface area contributed by atoms with Crippen LogP contribution in [-0.4, -0.2) is 11.2 Å². The van der Waals surface area contributed by atoms with Gasteiger partial charge in [-0.3, -0.25) is 0 Å². The van der Waals surface area contributed by atoms with Gasteiger partial charge in [0.1, 0.15) is 5.75 Å². The molecule has 0 aliphatic heterocycles. The van der Waals surface area contributed by atoms with Crippen LogP contribution < -0.4 is 4.74 Å². The summed E-state index contributed by atoms with van der Waals surface area (Å²) in [4.78, 5) is 0. The van der Waals surface area contributed by atoms with Crippen LogP contribution in [0.5, 0.6) is 5.75 Å². The summed E-state index contributed by atoms with van der Waals surface area (Å²) in [5.41, 5.74) is 0.442. The summed E-state index contributed by atoms with van der Waals surface area (Å²) in [6.07, 6.45) is 4.22. The summed E-state index contributed by atoms with van der Waals surface area (Å²) in [6, 6.07) is 7.88. The molecule has 0 amide bonds. The van der Waals surface area contributed by atoms with Gasteiger partial charge in [0, 0.05) is 0 Å². The monoisotopic (exact) mass is 220 g/mol. The zero-order chi connectivity index (χ0) is 11.6. The van der Waals surface area contributed by atoms with Crippen molar-refractivity contribution in [2.24, 2.45) is 0 Å². The summed E-state index contributed by atoms with van der Waals surface area (Å²) >= 11 is 0. The lowest BCUT2D eigenvalue weighted by atomic mass is 9.92. The van der Waals surface area contributed by atoms with Crippen LogP contribution in [0.25, 0.3) is 0 Å².